The lowest BCUT2D eigenvalue weighted by Crippen LogP contribution is -2.22. The second-order valence-corrected chi connectivity index (χ2v) is 11.5. The number of halogens is 3. The van der Waals surface area contributed by atoms with Crippen LogP contribution in [0.5, 0.6) is 11.5 Å². The smallest absolute Gasteiger partial charge is 0.305 e. The third kappa shape index (κ3) is 7.61. The van der Waals surface area contributed by atoms with E-state index in [0.29, 0.717) is 39.7 Å². The molecule has 0 unspecified atom stereocenters. The van der Waals surface area contributed by atoms with Crippen LogP contribution in [0, 0.1) is 17.5 Å². The minimum absolute atomic E-state index is 0.0397. The molecule has 0 saturated heterocycles. The number of aliphatic hydroxyl groups is 2. The fourth-order valence-corrected chi connectivity index (χ4v) is 5.80. The molecule has 47 heavy (non-hydrogen) atoms. The zero-order valence-electron chi connectivity index (χ0n) is 25.8. The molecule has 0 bridgehead atoms. The molecule has 0 aliphatic heterocycles. The van der Waals surface area contributed by atoms with Crippen LogP contribution in [0.3, 0.4) is 0 Å². The highest BCUT2D eigenvalue weighted by Gasteiger charge is 2.38. The van der Waals surface area contributed by atoms with Crippen molar-refractivity contribution in [3.8, 4) is 33.9 Å². The highest BCUT2D eigenvalue weighted by atomic mass is 19.2. The highest BCUT2D eigenvalue weighted by Crippen LogP contribution is 2.50. The molecule has 5 rings (SSSR count). The van der Waals surface area contributed by atoms with E-state index in [2.05, 4.69) is 5.32 Å². The Kier molecular flexibility index (Phi) is 10.2. The summed E-state index contributed by atoms with van der Waals surface area (Å²) in [5.41, 5.74) is 2.55. The Morgan fingerprint density at radius 3 is 2.23 bits per heavy atom. The molecule has 0 radical (unpaired) electrons. The molecular formula is C35H35F3N2O7. The number of methoxy groups -OCH3 is 2. The first kappa shape index (κ1) is 33.6. The molecule has 0 spiro atoms. The number of aliphatic carboxylic acids is 1. The van der Waals surface area contributed by atoms with Crippen LogP contribution in [-0.4, -0.2) is 58.2 Å². The van der Waals surface area contributed by atoms with Crippen LogP contribution in [0.25, 0.3) is 22.4 Å². The second kappa shape index (κ2) is 14.3. The molecule has 12 heteroatoms. The van der Waals surface area contributed by atoms with Gasteiger partial charge in [0.15, 0.2) is 11.6 Å². The summed E-state index contributed by atoms with van der Waals surface area (Å²) >= 11 is 0. The fourth-order valence-electron chi connectivity index (χ4n) is 5.80. The number of rotatable bonds is 14. The van der Waals surface area contributed by atoms with Crippen LogP contribution in [0.15, 0.2) is 60.7 Å². The van der Waals surface area contributed by atoms with Crippen LogP contribution in [0.4, 0.5) is 18.9 Å². The Labute approximate surface area is 269 Å². The number of carboxylic acid groups (broad SMARTS) is 1. The van der Waals surface area contributed by atoms with Gasteiger partial charge in [0, 0.05) is 35.3 Å². The monoisotopic (exact) mass is 652 g/mol. The summed E-state index contributed by atoms with van der Waals surface area (Å²) < 4.78 is 55.6. The van der Waals surface area contributed by atoms with Crippen molar-refractivity contribution in [2.75, 3.05) is 19.5 Å². The predicted molar refractivity (Wildman–Crippen MR) is 168 cm³/mol. The number of carboxylic acids is 1. The molecule has 248 valence electrons. The van der Waals surface area contributed by atoms with Gasteiger partial charge < -0.3 is 34.7 Å². The van der Waals surface area contributed by atoms with E-state index in [1.54, 1.807) is 22.8 Å². The van der Waals surface area contributed by atoms with Gasteiger partial charge in [0.2, 0.25) is 0 Å². The van der Waals surface area contributed by atoms with Gasteiger partial charge in [-0.05, 0) is 73.7 Å². The van der Waals surface area contributed by atoms with Crippen LogP contribution >= 0.6 is 0 Å². The van der Waals surface area contributed by atoms with E-state index >= 15 is 0 Å². The van der Waals surface area contributed by atoms with Gasteiger partial charge in [0.1, 0.15) is 17.3 Å². The van der Waals surface area contributed by atoms with E-state index in [1.807, 2.05) is 0 Å². The Balaban J connectivity index is 1.70. The summed E-state index contributed by atoms with van der Waals surface area (Å²) in [4.78, 5) is 25.4. The summed E-state index contributed by atoms with van der Waals surface area (Å²) in [6.45, 7) is 0.0778. The van der Waals surface area contributed by atoms with Gasteiger partial charge in [-0.2, -0.15) is 0 Å². The normalized spacial score (nSPS) is 14.0. The van der Waals surface area contributed by atoms with E-state index in [-0.39, 0.29) is 36.4 Å². The van der Waals surface area contributed by atoms with Gasteiger partial charge in [-0.25, -0.2) is 13.2 Å². The number of nitrogens with one attached hydrogen (secondary N) is 1. The van der Waals surface area contributed by atoms with Crippen molar-refractivity contribution in [2.45, 2.75) is 56.8 Å². The van der Waals surface area contributed by atoms with E-state index in [1.165, 1.54) is 44.6 Å². The fraction of sp³-hybridized carbons (Fsp3) is 0.314. The molecule has 2 atom stereocenters. The number of carbonyl (C=O) groups excluding carboxylic acids is 1. The molecule has 3 aromatic carbocycles. The summed E-state index contributed by atoms with van der Waals surface area (Å²) in [7, 11) is 2.94. The highest BCUT2D eigenvalue weighted by molar-refractivity contribution is 6.13. The van der Waals surface area contributed by atoms with Gasteiger partial charge in [0.25, 0.3) is 5.91 Å². The number of hydrogen-bond acceptors (Lipinski definition) is 6. The van der Waals surface area contributed by atoms with Gasteiger partial charge in [0.05, 0.1) is 49.8 Å². The number of carbonyl (C=O) groups is 2. The maximum Gasteiger partial charge on any atom is 0.305 e. The van der Waals surface area contributed by atoms with Crippen molar-refractivity contribution in [3.63, 3.8) is 0 Å². The van der Waals surface area contributed by atoms with Gasteiger partial charge in [-0.3, -0.25) is 9.59 Å². The van der Waals surface area contributed by atoms with Crippen LogP contribution in [0.2, 0.25) is 0 Å². The topological polar surface area (TPSA) is 130 Å². The first-order valence-electron chi connectivity index (χ1n) is 15.1. The Hall–Kier alpha value is -4.81. The molecule has 1 amide bonds. The number of aliphatic hydroxyl groups excluding tert-OH is 2. The Morgan fingerprint density at radius 2 is 1.62 bits per heavy atom. The maximum absolute atomic E-state index is 14.8. The first-order chi connectivity index (χ1) is 22.5. The lowest BCUT2D eigenvalue weighted by Gasteiger charge is -2.19. The molecule has 9 nitrogen and oxygen atoms in total. The number of nitrogens with zero attached hydrogens (tertiary/aromatic N) is 1. The average Bonchev–Trinajstić information content (AvgIpc) is 3.82. The molecule has 4 aromatic rings. The Morgan fingerprint density at radius 1 is 0.915 bits per heavy atom. The molecule has 4 N–H and O–H groups in total. The predicted octanol–water partition coefficient (Wildman–Crippen LogP) is 6.36. The van der Waals surface area contributed by atoms with E-state index in [9.17, 15) is 33.0 Å². The first-order valence-corrected chi connectivity index (χ1v) is 15.1. The summed E-state index contributed by atoms with van der Waals surface area (Å²) in [5, 5.41) is 32.8. The van der Waals surface area contributed by atoms with Crippen molar-refractivity contribution in [3.05, 3.63) is 89.4 Å². The quantitative estimate of drug-likeness (QED) is 0.125. The zero-order valence-corrected chi connectivity index (χ0v) is 25.8. The van der Waals surface area contributed by atoms with Crippen molar-refractivity contribution >= 4 is 17.6 Å². The second-order valence-electron chi connectivity index (χ2n) is 11.5. The molecule has 1 aliphatic carbocycles. The molecule has 1 heterocycles. The minimum atomic E-state index is -1.28. The third-order valence-corrected chi connectivity index (χ3v) is 8.12. The van der Waals surface area contributed by atoms with Gasteiger partial charge in [-0.15, -0.1) is 0 Å². The number of aromatic nitrogens is 1. The summed E-state index contributed by atoms with van der Waals surface area (Å²) in [6, 6.07) is 13.7. The Bertz CT molecular complexity index is 1770. The number of anilines is 1. The largest absolute Gasteiger partial charge is 0.497 e. The van der Waals surface area contributed by atoms with Crippen molar-refractivity contribution in [1.82, 2.24) is 4.57 Å². The SMILES string of the molecule is COc1ccc(NC(=O)c2c(-c3ccc(F)cc3)c(-c3ccc(F)c(F)c3)n(CC[C@@H](O)C[C@@H](O)CC(=O)O)c2C2CC2)c(OC)c1. The maximum atomic E-state index is 14.8. The number of ether oxygens (including phenoxy) is 2. The average molecular weight is 653 g/mol. The van der Waals surface area contributed by atoms with E-state index in [4.69, 9.17) is 14.6 Å². The van der Waals surface area contributed by atoms with Crippen molar-refractivity contribution < 1.29 is 47.6 Å². The van der Waals surface area contributed by atoms with Crippen molar-refractivity contribution in [2.24, 2.45) is 0 Å². The van der Waals surface area contributed by atoms with Gasteiger partial charge in [-0.1, -0.05) is 12.1 Å². The summed E-state index contributed by atoms with van der Waals surface area (Å²) in [6.07, 6.45) is -1.64. The summed E-state index contributed by atoms with van der Waals surface area (Å²) in [5.74, 6) is -3.69. The lowest BCUT2D eigenvalue weighted by molar-refractivity contribution is -0.139. The zero-order chi connectivity index (χ0) is 33.8. The number of benzene rings is 3. The van der Waals surface area contributed by atoms with Crippen LogP contribution in [0.1, 0.15) is 54.1 Å². The minimum Gasteiger partial charge on any atom is -0.497 e. The standard InChI is InChI=1S/C35H35F3N2O7/c1-46-25-10-12-28(29(18-25)47-2)39-35(45)32-31(19-5-8-22(36)9-6-19)34(21-7-11-26(37)27(38)15-21)40(33(32)20-3-4-20)14-13-23(41)16-24(42)17-30(43)44/h5-12,15,18,20,23-24,41-42H,3-4,13-14,16-17H2,1-2H3,(H,39,45)(H,43,44)/t23-,24-/m1/s1. The van der Waals surface area contributed by atoms with Crippen LogP contribution in [-0.2, 0) is 11.3 Å². The molecule has 1 aromatic heterocycles. The molecule has 1 saturated carbocycles. The van der Waals surface area contributed by atoms with E-state index in [0.717, 1.165) is 25.0 Å². The molecule has 1 aliphatic rings. The van der Waals surface area contributed by atoms with Gasteiger partial charge >= 0.3 is 5.97 Å². The molecule has 1 fully saturated rings. The number of hydrogen-bond donors (Lipinski definition) is 4. The van der Waals surface area contributed by atoms with E-state index < -0.39 is 48.0 Å². The van der Waals surface area contributed by atoms with Crippen LogP contribution < -0.4 is 14.8 Å². The number of amides is 1. The third-order valence-electron chi connectivity index (χ3n) is 8.12. The lowest BCUT2D eigenvalue weighted by atomic mass is 9.95. The van der Waals surface area contributed by atoms with Crippen molar-refractivity contribution in [1.29, 1.82) is 0 Å². The molecular weight excluding hydrogens is 617 g/mol.